The molecule has 2 unspecified atom stereocenters. The van der Waals surface area contributed by atoms with Crippen LogP contribution in [0.2, 0.25) is 0 Å². The van der Waals surface area contributed by atoms with E-state index in [1.54, 1.807) is 0 Å². The Labute approximate surface area is 109 Å². The summed E-state index contributed by atoms with van der Waals surface area (Å²) in [5.74, 6) is 0. The predicted octanol–water partition coefficient (Wildman–Crippen LogP) is -0.773. The maximum Gasteiger partial charge on any atom is 0.134 e. The van der Waals surface area contributed by atoms with Gasteiger partial charge in [-0.05, 0) is 12.5 Å². The zero-order valence-corrected chi connectivity index (χ0v) is 11.8. The monoisotopic (exact) mass is 285 g/mol. The number of morpholine rings is 1. The van der Waals surface area contributed by atoms with E-state index in [2.05, 4.69) is 51.4 Å². The molecule has 2 nitrogen and oxygen atoms in total. The highest BCUT2D eigenvalue weighted by molar-refractivity contribution is 5.18. The first kappa shape index (κ1) is 13.7. The maximum atomic E-state index is 5.90. The molecular weight excluding hydrogens is 266 g/mol. The van der Waals surface area contributed by atoms with E-state index in [9.17, 15) is 0 Å². The van der Waals surface area contributed by atoms with Gasteiger partial charge in [0.2, 0.25) is 0 Å². The number of rotatable bonds is 1. The van der Waals surface area contributed by atoms with Crippen LogP contribution in [0.15, 0.2) is 30.3 Å². The number of hydrogen-bond donors (Lipinski definition) is 0. The summed E-state index contributed by atoms with van der Waals surface area (Å²) in [5.41, 5.74) is 1.30. The quantitative estimate of drug-likeness (QED) is 0.616. The lowest BCUT2D eigenvalue weighted by Crippen LogP contribution is -3.00. The van der Waals surface area contributed by atoms with Crippen molar-refractivity contribution < 1.29 is 26.2 Å². The molecule has 0 spiro atoms. The van der Waals surface area contributed by atoms with Gasteiger partial charge in [0.15, 0.2) is 0 Å². The van der Waals surface area contributed by atoms with E-state index < -0.39 is 0 Å². The lowest BCUT2D eigenvalue weighted by molar-refractivity contribution is -0.926. The van der Waals surface area contributed by atoms with Gasteiger partial charge < -0.3 is 26.2 Å². The number of ether oxygens (including phenoxy) is 1. The normalized spacial score (nSPS) is 28.2. The van der Waals surface area contributed by atoms with Crippen LogP contribution in [-0.2, 0) is 4.74 Å². The second-order valence-electron chi connectivity index (χ2n) is 4.94. The average Bonchev–Trinajstić information content (AvgIpc) is 2.23. The van der Waals surface area contributed by atoms with Crippen molar-refractivity contribution in [1.29, 1.82) is 0 Å². The van der Waals surface area contributed by atoms with Crippen molar-refractivity contribution in [3.63, 3.8) is 0 Å². The van der Waals surface area contributed by atoms with E-state index in [1.165, 1.54) is 5.56 Å². The summed E-state index contributed by atoms with van der Waals surface area (Å²) in [4.78, 5) is 0. The van der Waals surface area contributed by atoms with Gasteiger partial charge in [0, 0.05) is 0 Å². The van der Waals surface area contributed by atoms with E-state index in [0.717, 1.165) is 17.6 Å². The molecule has 1 fully saturated rings. The molecule has 0 bridgehead atoms. The number of benzene rings is 1. The summed E-state index contributed by atoms with van der Waals surface area (Å²) in [7, 11) is 4.56. The first-order valence-corrected chi connectivity index (χ1v) is 5.60. The van der Waals surface area contributed by atoms with Gasteiger partial charge >= 0.3 is 0 Å². The topological polar surface area (TPSA) is 9.23 Å². The van der Waals surface area contributed by atoms with Gasteiger partial charge in [0.1, 0.15) is 18.7 Å². The number of likely N-dealkylation sites (N-methyl/N-ethyl adjacent to an activating group) is 1. The van der Waals surface area contributed by atoms with Crippen molar-refractivity contribution in [2.24, 2.45) is 0 Å². The lowest BCUT2D eigenvalue weighted by Gasteiger charge is -2.44. The van der Waals surface area contributed by atoms with Crippen molar-refractivity contribution in [3.8, 4) is 0 Å². The molecule has 2 rings (SSSR count). The third-order valence-electron chi connectivity index (χ3n) is 3.63. The molecule has 90 valence electrons. The predicted molar refractivity (Wildman–Crippen MR) is 61.6 cm³/mol. The van der Waals surface area contributed by atoms with E-state index in [-0.39, 0.29) is 23.1 Å². The van der Waals surface area contributed by atoms with Crippen LogP contribution in [0.25, 0.3) is 0 Å². The minimum atomic E-state index is 0. The standard InChI is InChI=1S/C13H20NO.BrH/c1-11-13(12-7-5-4-6-8-12)15-10-9-14(11,2)3;/h4-8,11,13H,9-10H2,1-3H3;1H/q+1;/p-1. The van der Waals surface area contributed by atoms with Crippen molar-refractivity contribution in [3.05, 3.63) is 35.9 Å². The third kappa shape index (κ3) is 2.65. The molecule has 0 radical (unpaired) electrons. The molecule has 0 N–H and O–H groups in total. The highest BCUT2D eigenvalue weighted by Crippen LogP contribution is 2.30. The number of halogens is 1. The number of quaternary nitrogens is 1. The Morgan fingerprint density at radius 2 is 1.81 bits per heavy atom. The van der Waals surface area contributed by atoms with Crippen LogP contribution in [0.5, 0.6) is 0 Å². The first-order chi connectivity index (χ1) is 7.11. The molecule has 0 saturated carbocycles. The largest absolute Gasteiger partial charge is 1.00 e. The molecule has 1 aliphatic heterocycles. The van der Waals surface area contributed by atoms with Gasteiger partial charge in [-0.25, -0.2) is 0 Å². The molecule has 0 aromatic heterocycles. The molecule has 3 heteroatoms. The molecule has 1 heterocycles. The number of nitrogens with zero attached hydrogens (tertiary/aromatic N) is 1. The molecule has 0 amide bonds. The minimum Gasteiger partial charge on any atom is -1.00 e. The first-order valence-electron chi connectivity index (χ1n) is 5.60. The van der Waals surface area contributed by atoms with Crippen molar-refractivity contribution >= 4 is 0 Å². The summed E-state index contributed by atoms with van der Waals surface area (Å²) in [5, 5.41) is 0. The van der Waals surface area contributed by atoms with Gasteiger partial charge in [-0.15, -0.1) is 0 Å². The fraction of sp³-hybridized carbons (Fsp3) is 0.538. The second-order valence-corrected chi connectivity index (χ2v) is 4.94. The maximum absolute atomic E-state index is 5.90. The zero-order chi connectivity index (χ0) is 10.9. The Morgan fingerprint density at radius 1 is 1.19 bits per heavy atom. The van der Waals surface area contributed by atoms with Crippen molar-refractivity contribution in [2.45, 2.75) is 19.1 Å². The van der Waals surface area contributed by atoms with E-state index in [0.29, 0.717) is 6.04 Å². The van der Waals surface area contributed by atoms with Crippen LogP contribution in [0, 0.1) is 0 Å². The van der Waals surface area contributed by atoms with Crippen LogP contribution in [-0.4, -0.2) is 37.8 Å². The summed E-state index contributed by atoms with van der Waals surface area (Å²) in [6.45, 7) is 4.23. The molecular formula is C13H20BrNO. The number of hydrogen-bond acceptors (Lipinski definition) is 1. The molecule has 1 aromatic rings. The zero-order valence-electron chi connectivity index (χ0n) is 10.2. The molecule has 1 saturated heterocycles. The van der Waals surface area contributed by atoms with E-state index in [1.807, 2.05) is 0 Å². The second kappa shape index (κ2) is 5.30. The third-order valence-corrected chi connectivity index (χ3v) is 3.63. The van der Waals surface area contributed by atoms with Gasteiger partial charge in [-0.2, -0.15) is 0 Å². The summed E-state index contributed by atoms with van der Waals surface area (Å²) >= 11 is 0. The van der Waals surface area contributed by atoms with Crippen LogP contribution in [0.4, 0.5) is 0 Å². The fourth-order valence-electron chi connectivity index (χ4n) is 2.14. The SMILES string of the molecule is CC1C(c2ccccc2)OCC[N+]1(C)C.[Br-]. The summed E-state index contributed by atoms with van der Waals surface area (Å²) < 4.78 is 6.94. The molecule has 2 atom stereocenters. The van der Waals surface area contributed by atoms with E-state index >= 15 is 0 Å². The van der Waals surface area contributed by atoms with Gasteiger partial charge in [0.25, 0.3) is 0 Å². The smallest absolute Gasteiger partial charge is 0.134 e. The average molecular weight is 286 g/mol. The molecule has 16 heavy (non-hydrogen) atoms. The summed E-state index contributed by atoms with van der Waals surface area (Å²) in [6, 6.07) is 11.1. The Bertz CT molecular complexity index is 326. The van der Waals surface area contributed by atoms with Crippen molar-refractivity contribution in [1.82, 2.24) is 0 Å². The molecule has 1 aromatic carbocycles. The van der Waals surface area contributed by atoms with Crippen molar-refractivity contribution in [2.75, 3.05) is 27.2 Å². The van der Waals surface area contributed by atoms with Crippen LogP contribution in [0.3, 0.4) is 0 Å². The Morgan fingerprint density at radius 3 is 2.44 bits per heavy atom. The van der Waals surface area contributed by atoms with Crippen LogP contribution in [0.1, 0.15) is 18.6 Å². The minimum absolute atomic E-state index is 0. The van der Waals surface area contributed by atoms with Crippen LogP contribution < -0.4 is 17.0 Å². The Hall–Kier alpha value is -0.380. The fourth-order valence-corrected chi connectivity index (χ4v) is 2.14. The summed E-state index contributed by atoms with van der Waals surface area (Å²) in [6.07, 6.45) is 0.245. The van der Waals surface area contributed by atoms with E-state index in [4.69, 9.17) is 4.74 Å². The van der Waals surface area contributed by atoms with Crippen LogP contribution >= 0.6 is 0 Å². The van der Waals surface area contributed by atoms with Gasteiger partial charge in [-0.1, -0.05) is 30.3 Å². The lowest BCUT2D eigenvalue weighted by atomic mass is 9.99. The Kier molecular flexibility index (Phi) is 4.53. The highest BCUT2D eigenvalue weighted by Gasteiger charge is 2.37. The molecule has 1 aliphatic rings. The van der Waals surface area contributed by atoms with Gasteiger partial charge in [-0.3, -0.25) is 0 Å². The van der Waals surface area contributed by atoms with Gasteiger partial charge in [0.05, 0.1) is 20.7 Å². The molecule has 0 aliphatic carbocycles. The highest BCUT2D eigenvalue weighted by atomic mass is 79.9. The Balaban J connectivity index is 0.00000128.